The van der Waals surface area contributed by atoms with Crippen molar-refractivity contribution in [2.45, 2.75) is 6.54 Å². The van der Waals surface area contributed by atoms with Crippen LogP contribution in [0.4, 0.5) is 9.18 Å². The van der Waals surface area contributed by atoms with Crippen molar-refractivity contribution in [3.8, 4) is 0 Å². The Morgan fingerprint density at radius 2 is 2.09 bits per heavy atom. The number of amides is 1. The molecule has 0 saturated carbocycles. The highest BCUT2D eigenvalue weighted by Crippen LogP contribution is 2.18. The van der Waals surface area contributed by atoms with E-state index in [0.717, 1.165) is 0 Å². The van der Waals surface area contributed by atoms with Gasteiger partial charge in [-0.3, -0.25) is 10.7 Å². The molecule has 0 bridgehead atoms. The first-order chi connectivity index (χ1) is 11.1. The number of nitrogens with one attached hydrogen (secondary N) is 2. The number of nitrogens with zero attached hydrogens (tertiary/aromatic N) is 3. The number of fused-ring (bicyclic) bond motifs is 1. The zero-order valence-electron chi connectivity index (χ0n) is 11.8. The molecule has 0 spiro atoms. The van der Waals surface area contributed by atoms with Gasteiger partial charge in [-0.2, -0.15) is 5.10 Å². The Morgan fingerprint density at radius 1 is 1.30 bits per heavy atom. The van der Waals surface area contributed by atoms with E-state index in [-0.39, 0.29) is 23.9 Å². The van der Waals surface area contributed by atoms with Crippen LogP contribution in [0.1, 0.15) is 11.3 Å². The van der Waals surface area contributed by atoms with Crippen molar-refractivity contribution < 1.29 is 14.3 Å². The molecule has 0 aliphatic rings. The van der Waals surface area contributed by atoms with Crippen molar-refractivity contribution in [2.75, 3.05) is 0 Å². The number of aromatic nitrogens is 3. The van der Waals surface area contributed by atoms with Crippen LogP contribution in [0.25, 0.3) is 11.0 Å². The molecule has 0 aliphatic heterocycles. The van der Waals surface area contributed by atoms with Crippen LogP contribution in [0.2, 0.25) is 0 Å². The van der Waals surface area contributed by atoms with E-state index in [0.29, 0.717) is 16.6 Å². The summed E-state index contributed by atoms with van der Waals surface area (Å²) in [5, 5.41) is 23.2. The molecule has 7 nitrogen and oxygen atoms in total. The van der Waals surface area contributed by atoms with Gasteiger partial charge in [0, 0.05) is 11.8 Å². The average Bonchev–Trinajstić information content (AvgIpc) is 2.88. The molecule has 116 valence electrons. The van der Waals surface area contributed by atoms with Gasteiger partial charge in [0.2, 0.25) is 0 Å². The highest BCUT2D eigenvalue weighted by atomic mass is 19.1. The molecule has 0 fully saturated rings. The minimum atomic E-state index is -1.35. The largest absolute Gasteiger partial charge is 0.465 e. The van der Waals surface area contributed by atoms with Gasteiger partial charge in [0.25, 0.3) is 0 Å². The van der Waals surface area contributed by atoms with E-state index in [1.54, 1.807) is 36.5 Å². The van der Waals surface area contributed by atoms with Crippen LogP contribution in [-0.4, -0.2) is 31.8 Å². The van der Waals surface area contributed by atoms with Crippen LogP contribution >= 0.6 is 0 Å². The molecule has 1 aromatic carbocycles. The first kappa shape index (κ1) is 14.6. The van der Waals surface area contributed by atoms with Crippen LogP contribution in [0.5, 0.6) is 0 Å². The van der Waals surface area contributed by atoms with Crippen molar-refractivity contribution in [2.24, 2.45) is 0 Å². The van der Waals surface area contributed by atoms with Crippen molar-refractivity contribution >= 4 is 23.0 Å². The lowest BCUT2D eigenvalue weighted by Crippen LogP contribution is -2.29. The van der Waals surface area contributed by atoms with Crippen molar-refractivity contribution in [3.63, 3.8) is 0 Å². The molecule has 0 atom stereocenters. The smallest absolute Gasteiger partial charge is 0.410 e. The molecule has 2 aromatic heterocycles. The Morgan fingerprint density at radius 3 is 2.83 bits per heavy atom. The summed E-state index contributed by atoms with van der Waals surface area (Å²) in [6.07, 6.45) is 0.204. The molecule has 23 heavy (non-hydrogen) atoms. The zero-order valence-corrected chi connectivity index (χ0v) is 11.8. The summed E-state index contributed by atoms with van der Waals surface area (Å²) in [5.41, 5.74) is 1.02. The maximum Gasteiger partial charge on any atom is 0.410 e. The molecular formula is C15H12FN5O2. The summed E-state index contributed by atoms with van der Waals surface area (Å²) < 4.78 is 15.3. The predicted molar refractivity (Wildman–Crippen MR) is 81.0 cm³/mol. The second-order valence-electron chi connectivity index (χ2n) is 4.78. The van der Waals surface area contributed by atoms with Gasteiger partial charge in [-0.05, 0) is 18.2 Å². The zero-order chi connectivity index (χ0) is 16.4. The van der Waals surface area contributed by atoms with Gasteiger partial charge < -0.3 is 5.11 Å². The molecular weight excluding hydrogens is 301 g/mol. The number of benzene rings is 1. The summed E-state index contributed by atoms with van der Waals surface area (Å²) in [7, 11) is 0. The maximum atomic E-state index is 13.8. The normalized spacial score (nSPS) is 10.7. The quantitative estimate of drug-likeness (QED) is 0.509. The molecule has 3 aromatic rings. The Balaban J connectivity index is 2.06. The van der Waals surface area contributed by atoms with E-state index < -0.39 is 6.09 Å². The third-order valence-electron chi connectivity index (χ3n) is 3.25. The predicted octanol–water partition coefficient (Wildman–Crippen LogP) is 2.21. The van der Waals surface area contributed by atoms with E-state index >= 15 is 0 Å². The van der Waals surface area contributed by atoms with Crippen LogP contribution in [0, 0.1) is 11.2 Å². The topological polar surface area (TPSA) is 104 Å². The van der Waals surface area contributed by atoms with Crippen molar-refractivity contribution in [3.05, 3.63) is 59.7 Å². The second kappa shape index (κ2) is 5.84. The molecule has 0 saturated heterocycles. The third-order valence-corrected chi connectivity index (χ3v) is 3.25. The first-order valence-electron chi connectivity index (χ1n) is 6.70. The van der Waals surface area contributed by atoms with Gasteiger partial charge >= 0.3 is 6.09 Å². The molecule has 1 amide bonds. The maximum absolute atomic E-state index is 13.8. The summed E-state index contributed by atoms with van der Waals surface area (Å²) in [5.74, 6) is -0.727. The minimum absolute atomic E-state index is 0.126. The summed E-state index contributed by atoms with van der Waals surface area (Å²) in [6, 6.07) is 9.63. The van der Waals surface area contributed by atoms with Crippen LogP contribution in [-0.2, 0) is 6.54 Å². The van der Waals surface area contributed by atoms with Gasteiger partial charge in [-0.15, -0.1) is 0 Å². The number of pyridine rings is 1. The number of carboxylic acid groups (broad SMARTS) is 1. The average molecular weight is 313 g/mol. The van der Waals surface area contributed by atoms with E-state index in [1.807, 2.05) is 5.32 Å². The monoisotopic (exact) mass is 313 g/mol. The summed E-state index contributed by atoms with van der Waals surface area (Å²) in [6.45, 7) is 0.126. The Kier molecular flexibility index (Phi) is 3.71. The Labute approximate surface area is 129 Å². The fourth-order valence-corrected chi connectivity index (χ4v) is 2.26. The van der Waals surface area contributed by atoms with Gasteiger partial charge in [0.05, 0.1) is 11.9 Å². The molecule has 0 radical (unpaired) electrons. The molecule has 3 N–H and O–H groups in total. The highest BCUT2D eigenvalue weighted by molar-refractivity contribution is 6.10. The van der Waals surface area contributed by atoms with Gasteiger partial charge in [0.15, 0.2) is 11.5 Å². The van der Waals surface area contributed by atoms with Crippen LogP contribution in [0.3, 0.4) is 0 Å². The minimum Gasteiger partial charge on any atom is -0.465 e. The number of amidine groups is 1. The number of rotatable bonds is 3. The van der Waals surface area contributed by atoms with E-state index in [4.69, 9.17) is 10.5 Å². The molecule has 8 heteroatoms. The summed E-state index contributed by atoms with van der Waals surface area (Å²) in [4.78, 5) is 14.9. The summed E-state index contributed by atoms with van der Waals surface area (Å²) >= 11 is 0. The third kappa shape index (κ3) is 2.86. The van der Waals surface area contributed by atoms with E-state index in [2.05, 4.69) is 10.1 Å². The first-order valence-corrected chi connectivity index (χ1v) is 6.70. The fraction of sp³-hybridized carbons (Fsp3) is 0.0667. The lowest BCUT2D eigenvalue weighted by Gasteiger charge is -2.04. The van der Waals surface area contributed by atoms with Crippen molar-refractivity contribution in [1.82, 2.24) is 20.1 Å². The molecule has 0 aliphatic carbocycles. The number of hydrogen-bond donors (Lipinski definition) is 3. The molecule has 0 unspecified atom stereocenters. The number of halogens is 1. The second-order valence-corrected chi connectivity index (χ2v) is 4.78. The standard InChI is InChI=1S/C15H12FN5O2/c16-11-6-2-1-4-9(11)8-21-14-10(5-3-7-18-14)12(20-21)13(17)19-15(22)23/h1-7H,8H2,(H2,17,19)(H,22,23). The van der Waals surface area contributed by atoms with Gasteiger partial charge in [-0.1, -0.05) is 18.2 Å². The van der Waals surface area contributed by atoms with Gasteiger partial charge in [0.1, 0.15) is 11.5 Å². The Bertz CT molecular complexity index is 906. The van der Waals surface area contributed by atoms with Crippen LogP contribution < -0.4 is 5.32 Å². The lowest BCUT2D eigenvalue weighted by molar-refractivity contribution is 0.200. The molecule has 2 heterocycles. The van der Waals surface area contributed by atoms with E-state index in [1.165, 1.54) is 10.7 Å². The van der Waals surface area contributed by atoms with Gasteiger partial charge in [-0.25, -0.2) is 18.9 Å². The SMILES string of the molecule is N=C(NC(=O)O)c1nn(Cc2ccccc2F)c2ncccc12. The fourth-order valence-electron chi connectivity index (χ4n) is 2.26. The molecule has 3 rings (SSSR count). The van der Waals surface area contributed by atoms with E-state index in [9.17, 15) is 9.18 Å². The Hall–Kier alpha value is -3.29. The number of hydrogen-bond acceptors (Lipinski definition) is 4. The highest BCUT2D eigenvalue weighted by Gasteiger charge is 2.17. The lowest BCUT2D eigenvalue weighted by atomic mass is 10.2. The van der Waals surface area contributed by atoms with Crippen molar-refractivity contribution in [1.29, 1.82) is 5.41 Å². The van der Waals surface area contributed by atoms with Crippen LogP contribution in [0.15, 0.2) is 42.6 Å². The number of carbonyl (C=O) groups is 1.